The Kier molecular flexibility index (Phi) is 8.21. The van der Waals surface area contributed by atoms with Gasteiger partial charge in [-0.2, -0.15) is 9.03 Å². The van der Waals surface area contributed by atoms with Crippen LogP contribution >= 0.6 is 22.7 Å². The Hall–Kier alpha value is -1.43. The summed E-state index contributed by atoms with van der Waals surface area (Å²) in [5, 5.41) is 0. The Balaban J connectivity index is 2.37. The fourth-order valence-corrected chi connectivity index (χ4v) is 15.9. The van der Waals surface area contributed by atoms with Crippen LogP contribution in [0.5, 0.6) is 11.5 Å². The average molecular weight is 526 g/mol. The lowest BCUT2D eigenvalue weighted by molar-refractivity contribution is 0.492. The SMILES string of the molecule is Cc1ccc(O[P@@]2(N(C)C)=NP(N(C)C)(N(C)C)=N[P@@](Oc3ccc(C)cc3)(N(C)C)=N2)cc1. The summed E-state index contributed by atoms with van der Waals surface area (Å²) in [5.74, 6) is 1.45. The highest BCUT2D eigenvalue weighted by Crippen LogP contribution is 2.80. The van der Waals surface area contributed by atoms with Gasteiger partial charge in [-0.05, 0) is 94.5 Å². The normalized spacial score (nSPS) is 24.1. The molecule has 0 aromatic heterocycles. The van der Waals surface area contributed by atoms with Gasteiger partial charge in [0.1, 0.15) is 11.5 Å². The quantitative estimate of drug-likeness (QED) is 0.351. The van der Waals surface area contributed by atoms with Gasteiger partial charge in [0.25, 0.3) is 0 Å². The lowest BCUT2D eigenvalue weighted by Crippen LogP contribution is -2.25. The van der Waals surface area contributed by atoms with Gasteiger partial charge in [0.05, 0.1) is 0 Å². The number of nitrogens with zero attached hydrogens (tertiary/aromatic N) is 7. The molecule has 2 aromatic rings. The highest BCUT2D eigenvalue weighted by Gasteiger charge is 2.45. The molecule has 3 rings (SSSR count). The molecule has 0 aliphatic carbocycles. The topological polar surface area (TPSA) is 68.5 Å². The second-order valence-corrected chi connectivity index (χ2v) is 17.9. The van der Waals surface area contributed by atoms with Crippen molar-refractivity contribution < 1.29 is 9.05 Å². The van der Waals surface area contributed by atoms with Crippen LogP contribution in [0.3, 0.4) is 0 Å². The van der Waals surface area contributed by atoms with E-state index in [0.717, 1.165) is 11.5 Å². The van der Waals surface area contributed by atoms with Gasteiger partial charge in [-0.1, -0.05) is 35.4 Å². The lowest BCUT2D eigenvalue weighted by Gasteiger charge is -2.42. The summed E-state index contributed by atoms with van der Waals surface area (Å²) in [6.45, 7) is 4.11. The zero-order valence-electron chi connectivity index (χ0n) is 21.9. The highest BCUT2D eigenvalue weighted by molar-refractivity contribution is 7.81. The molecule has 0 spiro atoms. The van der Waals surface area contributed by atoms with Gasteiger partial charge in [-0.15, -0.1) is 4.52 Å². The Labute approximate surface area is 205 Å². The third kappa shape index (κ3) is 5.37. The van der Waals surface area contributed by atoms with Crippen molar-refractivity contribution in [2.24, 2.45) is 13.5 Å². The zero-order chi connectivity index (χ0) is 25.3. The molecule has 12 heteroatoms. The molecule has 2 atom stereocenters. The zero-order valence-corrected chi connectivity index (χ0v) is 24.6. The summed E-state index contributed by atoms with van der Waals surface area (Å²) in [4.78, 5) is 0. The second-order valence-electron chi connectivity index (χ2n) is 9.03. The number of aryl methyl sites for hydroxylation is 2. The summed E-state index contributed by atoms with van der Waals surface area (Å²) in [5.41, 5.74) is 2.33. The van der Waals surface area contributed by atoms with Gasteiger partial charge in [-0.3, -0.25) is 0 Å². The van der Waals surface area contributed by atoms with E-state index in [1.54, 1.807) is 0 Å². The van der Waals surface area contributed by atoms with Gasteiger partial charge < -0.3 is 9.05 Å². The molecule has 0 unspecified atom stereocenters. The van der Waals surface area contributed by atoms with E-state index in [-0.39, 0.29) is 0 Å². The number of hydrogen-bond acceptors (Lipinski definition) is 9. The van der Waals surface area contributed by atoms with Crippen molar-refractivity contribution in [1.82, 2.24) is 18.7 Å². The van der Waals surface area contributed by atoms with Crippen LogP contribution < -0.4 is 9.05 Å². The van der Waals surface area contributed by atoms with E-state index < -0.39 is 22.7 Å². The molecule has 0 saturated carbocycles. The third-order valence-electron chi connectivity index (χ3n) is 5.32. The van der Waals surface area contributed by atoms with Crippen molar-refractivity contribution in [2.45, 2.75) is 13.8 Å². The Bertz CT molecular complexity index is 1100. The van der Waals surface area contributed by atoms with Gasteiger partial charge in [0, 0.05) is 0 Å². The first-order valence-corrected chi connectivity index (χ1v) is 15.7. The standard InChI is InChI=1S/C22H38N7O2P3/c1-19-11-15-21(16-12-19)30-33(28(7)8)23-32(26(3)4,27(5)6)24-34(25-33,29(9)10)31-22-17-13-20(2)14-18-22/h11-18H,1-10H3/t33-,34-/m0/s1. The van der Waals surface area contributed by atoms with Gasteiger partial charge in [0.15, 0.2) is 0 Å². The molecule has 1 heterocycles. The molecule has 0 fully saturated rings. The van der Waals surface area contributed by atoms with Crippen molar-refractivity contribution in [2.75, 3.05) is 56.4 Å². The van der Waals surface area contributed by atoms with E-state index >= 15 is 0 Å². The molecule has 0 radical (unpaired) electrons. The first-order chi connectivity index (χ1) is 15.8. The summed E-state index contributed by atoms with van der Waals surface area (Å²) in [6, 6.07) is 16.0. The number of benzene rings is 2. The van der Waals surface area contributed by atoms with Crippen molar-refractivity contribution in [3.63, 3.8) is 0 Å². The summed E-state index contributed by atoms with van der Waals surface area (Å²) >= 11 is 0. The van der Waals surface area contributed by atoms with Crippen LogP contribution in [0, 0.1) is 13.8 Å². The summed E-state index contributed by atoms with van der Waals surface area (Å²) in [6.07, 6.45) is 0. The maximum atomic E-state index is 6.72. The Morgan fingerprint density at radius 1 is 0.500 bits per heavy atom. The first-order valence-electron chi connectivity index (χ1n) is 11.0. The molecule has 1 aliphatic rings. The molecule has 9 nitrogen and oxygen atoms in total. The van der Waals surface area contributed by atoms with Crippen LogP contribution in [-0.4, -0.2) is 75.1 Å². The van der Waals surface area contributed by atoms with E-state index in [9.17, 15) is 0 Å². The number of hydrogen-bond donors (Lipinski definition) is 0. The maximum absolute atomic E-state index is 6.72. The van der Waals surface area contributed by atoms with E-state index in [2.05, 4.69) is 23.2 Å². The molecule has 0 amide bonds. The van der Waals surface area contributed by atoms with Crippen LogP contribution in [0.25, 0.3) is 0 Å². The van der Waals surface area contributed by atoms with Gasteiger partial charge in [-0.25, -0.2) is 18.7 Å². The van der Waals surface area contributed by atoms with E-state index in [1.165, 1.54) is 11.1 Å². The van der Waals surface area contributed by atoms with Crippen LogP contribution in [0.15, 0.2) is 62.1 Å². The largest absolute Gasteiger partial charge is 0.430 e. The predicted octanol–water partition coefficient (Wildman–Crippen LogP) is 6.86. The fourth-order valence-electron chi connectivity index (χ4n) is 3.23. The third-order valence-corrected chi connectivity index (χ3v) is 16.1. The van der Waals surface area contributed by atoms with Crippen molar-refractivity contribution in [1.29, 1.82) is 0 Å². The van der Waals surface area contributed by atoms with E-state index in [1.807, 2.05) is 114 Å². The summed E-state index contributed by atoms with van der Waals surface area (Å²) in [7, 11) is 7.51. The molecule has 0 saturated heterocycles. The minimum atomic E-state index is -2.91. The Morgan fingerprint density at radius 2 is 0.853 bits per heavy atom. The maximum Gasteiger partial charge on any atom is 0.335 e. The fraction of sp³-hybridized carbons (Fsp3) is 0.455. The summed E-state index contributed by atoms with van der Waals surface area (Å²) < 4.78 is 37.6. The van der Waals surface area contributed by atoms with Crippen LogP contribution in [0.2, 0.25) is 0 Å². The molecule has 0 bridgehead atoms. The van der Waals surface area contributed by atoms with Crippen LogP contribution in [0.4, 0.5) is 0 Å². The molecule has 188 valence electrons. The van der Waals surface area contributed by atoms with Gasteiger partial charge in [0.2, 0.25) is 7.51 Å². The van der Waals surface area contributed by atoms with Gasteiger partial charge >= 0.3 is 15.2 Å². The molecule has 0 N–H and O–H groups in total. The highest BCUT2D eigenvalue weighted by atomic mass is 31.3. The minimum absolute atomic E-state index is 0.727. The number of rotatable bonds is 8. The predicted molar refractivity (Wildman–Crippen MR) is 146 cm³/mol. The van der Waals surface area contributed by atoms with Crippen molar-refractivity contribution in [3.8, 4) is 11.5 Å². The van der Waals surface area contributed by atoms with Crippen molar-refractivity contribution >= 4 is 22.7 Å². The molecular formula is C22H38N7O2P3. The molecule has 2 aromatic carbocycles. The molecule has 34 heavy (non-hydrogen) atoms. The van der Waals surface area contributed by atoms with Crippen LogP contribution in [0.1, 0.15) is 11.1 Å². The van der Waals surface area contributed by atoms with Crippen LogP contribution in [-0.2, 0) is 0 Å². The van der Waals surface area contributed by atoms with Crippen molar-refractivity contribution in [3.05, 3.63) is 59.7 Å². The smallest absolute Gasteiger partial charge is 0.335 e. The minimum Gasteiger partial charge on any atom is -0.430 e. The average Bonchev–Trinajstić information content (AvgIpc) is 2.76. The monoisotopic (exact) mass is 525 g/mol. The first kappa shape index (κ1) is 27.2. The second kappa shape index (κ2) is 10.3. The molecule has 1 aliphatic heterocycles. The van der Waals surface area contributed by atoms with E-state index in [4.69, 9.17) is 22.6 Å². The Morgan fingerprint density at radius 3 is 1.18 bits per heavy atom. The lowest BCUT2D eigenvalue weighted by atomic mass is 10.2. The van der Waals surface area contributed by atoms with E-state index in [0.29, 0.717) is 0 Å². The molecular weight excluding hydrogens is 487 g/mol.